The molecule has 2 aromatic carbocycles. The topological polar surface area (TPSA) is 133 Å². The van der Waals surface area contributed by atoms with Crippen molar-refractivity contribution in [3.63, 3.8) is 0 Å². The maximum absolute atomic E-state index is 14.6. The van der Waals surface area contributed by atoms with Gasteiger partial charge in [0, 0.05) is 31.8 Å². The van der Waals surface area contributed by atoms with Crippen LogP contribution in [0, 0.1) is 0 Å². The number of phenols is 2. The highest BCUT2D eigenvalue weighted by atomic mass is 19.1. The van der Waals surface area contributed by atoms with Gasteiger partial charge >= 0.3 is 5.69 Å². The Balaban J connectivity index is 1.65. The van der Waals surface area contributed by atoms with Crippen LogP contribution >= 0.6 is 0 Å². The summed E-state index contributed by atoms with van der Waals surface area (Å²) >= 11 is 0. The molecule has 11 heteroatoms. The number of hydrogen-bond acceptors (Lipinski definition) is 7. The molecule has 0 bridgehead atoms. The molecular formula is C26H28FN5O5. The van der Waals surface area contributed by atoms with Crippen LogP contribution in [-0.4, -0.2) is 69.2 Å². The fourth-order valence-corrected chi connectivity index (χ4v) is 4.07. The number of nitrogens with one attached hydrogen (secondary N) is 2. The summed E-state index contributed by atoms with van der Waals surface area (Å²) in [5.41, 5.74) is -0.0595. The van der Waals surface area contributed by atoms with Gasteiger partial charge in [0.25, 0.3) is 5.91 Å². The molecule has 0 saturated heterocycles. The lowest BCUT2D eigenvalue weighted by atomic mass is 10.0. The molecule has 2 atom stereocenters. The third-order valence-electron chi connectivity index (χ3n) is 5.96. The molecule has 2 unspecified atom stereocenters. The molecule has 0 fully saturated rings. The van der Waals surface area contributed by atoms with Gasteiger partial charge in [0.05, 0.1) is 17.2 Å². The number of aromatic hydroxyl groups is 2. The predicted octanol–water partition coefficient (Wildman–Crippen LogP) is 2.53. The van der Waals surface area contributed by atoms with Crippen LogP contribution < -0.4 is 15.7 Å². The number of hydrogen-bond donors (Lipinski definition) is 4. The van der Waals surface area contributed by atoms with E-state index in [2.05, 4.69) is 15.5 Å². The summed E-state index contributed by atoms with van der Waals surface area (Å²) < 4.78 is 21.4. The number of para-hydroxylation sites is 1. The van der Waals surface area contributed by atoms with Crippen molar-refractivity contribution in [3.8, 4) is 28.6 Å². The molecule has 0 aliphatic heterocycles. The van der Waals surface area contributed by atoms with Crippen LogP contribution in [0.3, 0.4) is 0 Å². The SMILES string of the molecule is CNCCOc1ccccc1CN(C)C(=O)c1cc(-c2n[nH]c(=O)n2C2C=CC=CC2F)c(O)cc1O. The molecule has 4 rings (SSSR count). The van der Waals surface area contributed by atoms with Gasteiger partial charge in [-0.15, -0.1) is 0 Å². The number of allylic oxidation sites excluding steroid dienone is 4. The van der Waals surface area contributed by atoms with Gasteiger partial charge < -0.3 is 25.2 Å². The van der Waals surface area contributed by atoms with Gasteiger partial charge in [0.1, 0.15) is 30.0 Å². The minimum atomic E-state index is -1.50. The Morgan fingerprint density at radius 2 is 1.97 bits per heavy atom. The average molecular weight is 510 g/mol. The largest absolute Gasteiger partial charge is 0.507 e. The van der Waals surface area contributed by atoms with E-state index in [0.717, 1.165) is 16.2 Å². The first-order valence-electron chi connectivity index (χ1n) is 11.6. The number of benzene rings is 2. The number of likely N-dealkylation sites (N-methyl/N-ethyl adjacent to an activating group) is 1. The zero-order valence-electron chi connectivity index (χ0n) is 20.4. The van der Waals surface area contributed by atoms with E-state index in [1.165, 1.54) is 29.2 Å². The van der Waals surface area contributed by atoms with E-state index in [1.807, 2.05) is 31.3 Å². The van der Waals surface area contributed by atoms with Gasteiger partial charge in [0.2, 0.25) is 0 Å². The Hall–Kier alpha value is -4.38. The average Bonchev–Trinajstić information content (AvgIpc) is 3.26. The monoisotopic (exact) mass is 509 g/mol. The molecule has 1 aromatic heterocycles. The number of carbonyl (C=O) groups is 1. The summed E-state index contributed by atoms with van der Waals surface area (Å²) in [6, 6.07) is 8.55. The first-order valence-corrected chi connectivity index (χ1v) is 11.6. The number of nitrogens with zero attached hydrogens (tertiary/aromatic N) is 3. The Bertz CT molecular complexity index is 1400. The first-order chi connectivity index (χ1) is 17.8. The standard InChI is InChI=1S/C26H28FN5O5/c1-28-11-12-37-23-10-6-3-7-16(23)15-31(2)25(35)18-13-17(21(33)14-22(18)34)24-29-30-26(36)32(24)20-9-5-4-8-19(20)27/h3-10,13-14,19-20,28,33-34H,11-12,15H2,1-2H3,(H,30,36). The molecule has 1 amide bonds. The predicted molar refractivity (Wildman–Crippen MR) is 135 cm³/mol. The van der Waals surface area contributed by atoms with Gasteiger partial charge in [-0.05, 0) is 25.3 Å². The van der Waals surface area contributed by atoms with Gasteiger partial charge in [0.15, 0.2) is 5.82 Å². The lowest BCUT2D eigenvalue weighted by Gasteiger charge is -2.22. The summed E-state index contributed by atoms with van der Waals surface area (Å²) in [4.78, 5) is 27.2. The van der Waals surface area contributed by atoms with Crippen LogP contribution in [0.1, 0.15) is 22.0 Å². The maximum atomic E-state index is 14.6. The quantitative estimate of drug-likeness (QED) is 0.326. The third-order valence-corrected chi connectivity index (χ3v) is 5.96. The Morgan fingerprint density at radius 3 is 2.73 bits per heavy atom. The van der Waals surface area contributed by atoms with Crippen molar-refractivity contribution in [1.82, 2.24) is 25.0 Å². The van der Waals surface area contributed by atoms with Crippen molar-refractivity contribution in [1.29, 1.82) is 0 Å². The minimum Gasteiger partial charge on any atom is -0.507 e. The van der Waals surface area contributed by atoms with Crippen LogP contribution in [0.2, 0.25) is 0 Å². The van der Waals surface area contributed by atoms with E-state index in [4.69, 9.17) is 4.74 Å². The number of amides is 1. The number of rotatable bonds is 9. The van der Waals surface area contributed by atoms with E-state index in [9.17, 15) is 24.2 Å². The van der Waals surface area contributed by atoms with Crippen LogP contribution in [-0.2, 0) is 6.54 Å². The van der Waals surface area contributed by atoms with Crippen molar-refractivity contribution in [2.45, 2.75) is 18.8 Å². The van der Waals surface area contributed by atoms with Gasteiger partial charge in [-0.2, -0.15) is 5.10 Å². The van der Waals surface area contributed by atoms with Crippen LogP contribution in [0.4, 0.5) is 4.39 Å². The first kappa shape index (κ1) is 25.7. The van der Waals surface area contributed by atoms with Crippen LogP contribution in [0.5, 0.6) is 17.2 Å². The maximum Gasteiger partial charge on any atom is 0.344 e. The molecule has 0 radical (unpaired) electrons. The second-order valence-corrected chi connectivity index (χ2v) is 8.53. The molecule has 10 nitrogen and oxygen atoms in total. The molecule has 1 aliphatic carbocycles. The van der Waals surface area contributed by atoms with E-state index in [0.29, 0.717) is 18.9 Å². The second-order valence-electron chi connectivity index (χ2n) is 8.53. The number of aromatic amines is 1. The summed E-state index contributed by atoms with van der Waals surface area (Å²) in [6.07, 6.45) is 4.43. The second kappa shape index (κ2) is 11.1. The molecule has 0 saturated carbocycles. The van der Waals surface area contributed by atoms with Gasteiger partial charge in [-0.25, -0.2) is 14.3 Å². The number of alkyl halides is 1. The summed E-state index contributed by atoms with van der Waals surface area (Å²) in [7, 11) is 3.39. The lowest BCUT2D eigenvalue weighted by molar-refractivity contribution is 0.0781. The molecule has 4 N–H and O–H groups in total. The Morgan fingerprint density at radius 1 is 1.22 bits per heavy atom. The van der Waals surface area contributed by atoms with Gasteiger partial charge in [-0.3, -0.25) is 9.36 Å². The highest BCUT2D eigenvalue weighted by Gasteiger charge is 2.28. The summed E-state index contributed by atoms with van der Waals surface area (Å²) in [6.45, 7) is 1.28. The fourth-order valence-electron chi connectivity index (χ4n) is 4.07. The smallest absolute Gasteiger partial charge is 0.344 e. The van der Waals surface area contributed by atoms with E-state index in [1.54, 1.807) is 13.1 Å². The molecule has 1 heterocycles. The highest BCUT2D eigenvalue weighted by molar-refractivity contribution is 5.98. The molecule has 194 valence electrons. The molecule has 1 aliphatic rings. The van der Waals surface area contributed by atoms with Crippen molar-refractivity contribution in [2.24, 2.45) is 0 Å². The minimum absolute atomic E-state index is 0.0150. The van der Waals surface area contributed by atoms with Crippen molar-refractivity contribution in [2.75, 3.05) is 27.2 Å². The number of phenolic OH excluding ortho intramolecular Hbond substituents is 2. The van der Waals surface area contributed by atoms with Gasteiger partial charge in [-0.1, -0.05) is 36.4 Å². The zero-order chi connectivity index (χ0) is 26.5. The number of ether oxygens (including phenoxy) is 1. The lowest BCUT2D eigenvalue weighted by Crippen LogP contribution is -2.28. The molecule has 0 spiro atoms. The zero-order valence-corrected chi connectivity index (χ0v) is 20.4. The normalized spacial score (nSPS) is 16.6. The van der Waals surface area contributed by atoms with Crippen LogP contribution in [0.15, 0.2) is 65.5 Å². The number of halogens is 1. The summed E-state index contributed by atoms with van der Waals surface area (Å²) in [5, 5.41) is 30.3. The number of carbonyl (C=O) groups excluding carboxylic acids is 1. The summed E-state index contributed by atoms with van der Waals surface area (Å²) in [5.74, 6) is -0.869. The van der Waals surface area contributed by atoms with Crippen molar-refractivity contribution in [3.05, 3.63) is 82.3 Å². The highest BCUT2D eigenvalue weighted by Crippen LogP contribution is 2.36. The van der Waals surface area contributed by atoms with Crippen molar-refractivity contribution >= 4 is 5.91 Å². The molecule has 3 aromatic rings. The Kier molecular flexibility index (Phi) is 7.73. The van der Waals surface area contributed by atoms with E-state index in [-0.39, 0.29) is 23.5 Å². The number of H-pyrrole nitrogens is 1. The fraction of sp³-hybridized carbons (Fsp3) is 0.269. The Labute approximate surface area is 212 Å². The van der Waals surface area contributed by atoms with Crippen LogP contribution in [0.25, 0.3) is 11.4 Å². The number of aromatic nitrogens is 3. The van der Waals surface area contributed by atoms with E-state index >= 15 is 0 Å². The molecular weight excluding hydrogens is 481 g/mol. The third kappa shape index (κ3) is 5.41. The van der Waals surface area contributed by atoms with Crippen molar-refractivity contribution < 1.29 is 24.1 Å². The molecule has 37 heavy (non-hydrogen) atoms. The van der Waals surface area contributed by atoms with E-state index < -0.39 is 35.3 Å².